The average Bonchev–Trinajstić information content (AvgIpc) is 2.55. The molecule has 3 nitrogen and oxygen atoms in total. The van der Waals surface area contributed by atoms with E-state index in [0.717, 1.165) is 37.1 Å². The average molecular weight is 311 g/mol. The van der Waals surface area contributed by atoms with Gasteiger partial charge in [-0.3, -0.25) is 4.90 Å². The van der Waals surface area contributed by atoms with Gasteiger partial charge in [0.1, 0.15) is 0 Å². The van der Waals surface area contributed by atoms with Gasteiger partial charge >= 0.3 is 0 Å². The summed E-state index contributed by atoms with van der Waals surface area (Å²) in [7, 11) is 0. The number of rotatable bonds is 4. The zero-order valence-corrected chi connectivity index (χ0v) is 13.6. The molecule has 0 bridgehead atoms. The molecule has 1 fully saturated rings. The van der Waals surface area contributed by atoms with Crippen LogP contribution in [0.5, 0.6) is 0 Å². The second-order valence-corrected chi connectivity index (χ2v) is 6.07. The van der Waals surface area contributed by atoms with Crippen molar-refractivity contribution >= 4 is 23.0 Å². The van der Waals surface area contributed by atoms with Gasteiger partial charge in [-0.15, -0.1) is 0 Å². The van der Waals surface area contributed by atoms with E-state index in [0.29, 0.717) is 0 Å². The van der Waals surface area contributed by atoms with Gasteiger partial charge in [-0.2, -0.15) is 0 Å². The molecular formula is C18H21N3S. The number of anilines is 1. The van der Waals surface area contributed by atoms with Crippen LogP contribution in [0.4, 0.5) is 5.69 Å². The Hall–Kier alpha value is -1.91. The Morgan fingerprint density at radius 3 is 2.68 bits per heavy atom. The summed E-state index contributed by atoms with van der Waals surface area (Å²) >= 11 is 5.47. The fourth-order valence-corrected chi connectivity index (χ4v) is 2.89. The molecule has 3 rings (SSSR count). The number of nitrogens with zero attached hydrogens (tertiary/aromatic N) is 2. The van der Waals surface area contributed by atoms with Crippen LogP contribution in [0, 0.1) is 6.92 Å². The number of thiocarbonyl (C=S) groups is 1. The minimum Gasteiger partial charge on any atom is -0.349 e. The highest BCUT2D eigenvalue weighted by molar-refractivity contribution is 7.80. The van der Waals surface area contributed by atoms with Crippen LogP contribution in [-0.2, 0) is 6.42 Å². The summed E-state index contributed by atoms with van der Waals surface area (Å²) in [6.45, 7) is 4.77. The zero-order valence-electron chi connectivity index (χ0n) is 12.8. The molecule has 0 aliphatic carbocycles. The number of nitrogens with one attached hydrogen (secondary N) is 1. The Labute approximate surface area is 137 Å². The Morgan fingerprint density at radius 1 is 1.09 bits per heavy atom. The van der Waals surface area contributed by atoms with Crippen molar-refractivity contribution in [2.75, 3.05) is 24.8 Å². The first kappa shape index (κ1) is 15.0. The quantitative estimate of drug-likeness (QED) is 0.874. The van der Waals surface area contributed by atoms with Crippen LogP contribution in [0.3, 0.4) is 0 Å². The van der Waals surface area contributed by atoms with E-state index in [-0.39, 0.29) is 0 Å². The van der Waals surface area contributed by atoms with Crippen molar-refractivity contribution in [3.8, 4) is 0 Å². The lowest BCUT2D eigenvalue weighted by atomic mass is 10.1. The van der Waals surface area contributed by atoms with Crippen LogP contribution in [-0.4, -0.2) is 29.9 Å². The largest absolute Gasteiger partial charge is 0.349 e. The fraction of sp³-hybridized carbons (Fsp3) is 0.278. The van der Waals surface area contributed by atoms with E-state index in [1.807, 2.05) is 0 Å². The summed E-state index contributed by atoms with van der Waals surface area (Å²) in [5, 5.41) is 4.13. The maximum Gasteiger partial charge on any atom is 0.175 e. The summed E-state index contributed by atoms with van der Waals surface area (Å²) in [5.41, 5.74) is 3.78. The zero-order chi connectivity index (χ0) is 15.4. The molecule has 0 amide bonds. The molecule has 1 aliphatic heterocycles. The van der Waals surface area contributed by atoms with Gasteiger partial charge < -0.3 is 10.2 Å². The standard InChI is InChI=1S/C18H21N3S/c1-15-6-5-9-17(12-15)21-14-20(13-19-18(21)22)11-10-16-7-3-2-4-8-16/h2-9,12H,10-11,13-14H2,1H3,(H,19,22). The monoisotopic (exact) mass is 311 g/mol. The van der Waals surface area contributed by atoms with E-state index in [1.54, 1.807) is 0 Å². The normalized spacial score (nSPS) is 15.7. The summed E-state index contributed by atoms with van der Waals surface area (Å²) in [5.74, 6) is 0. The van der Waals surface area contributed by atoms with Crippen LogP contribution in [0.1, 0.15) is 11.1 Å². The maximum absolute atomic E-state index is 5.47. The molecular weight excluding hydrogens is 290 g/mol. The first-order valence-corrected chi connectivity index (χ1v) is 8.01. The predicted molar refractivity (Wildman–Crippen MR) is 96.0 cm³/mol. The third-order valence-electron chi connectivity index (χ3n) is 3.91. The van der Waals surface area contributed by atoms with Gasteiger partial charge in [0.25, 0.3) is 0 Å². The summed E-state index contributed by atoms with van der Waals surface area (Å²) in [4.78, 5) is 4.54. The Bertz CT molecular complexity index is 642. The molecule has 2 aromatic rings. The Morgan fingerprint density at radius 2 is 1.91 bits per heavy atom. The first-order chi connectivity index (χ1) is 10.7. The molecule has 0 spiro atoms. The second kappa shape index (κ2) is 6.90. The highest BCUT2D eigenvalue weighted by Gasteiger charge is 2.21. The molecule has 2 aromatic carbocycles. The molecule has 0 atom stereocenters. The van der Waals surface area contributed by atoms with E-state index in [2.05, 4.69) is 76.6 Å². The number of hydrogen-bond acceptors (Lipinski definition) is 2. The summed E-state index contributed by atoms with van der Waals surface area (Å²) in [6, 6.07) is 19.1. The van der Waals surface area contributed by atoms with E-state index in [1.165, 1.54) is 11.1 Å². The van der Waals surface area contributed by atoms with Gasteiger partial charge in [-0.05, 0) is 48.8 Å². The van der Waals surface area contributed by atoms with Crippen LogP contribution < -0.4 is 10.2 Å². The molecule has 22 heavy (non-hydrogen) atoms. The van der Waals surface area contributed by atoms with Gasteiger partial charge in [0, 0.05) is 12.2 Å². The summed E-state index contributed by atoms with van der Waals surface area (Å²) in [6.07, 6.45) is 1.05. The maximum atomic E-state index is 5.47. The van der Waals surface area contributed by atoms with E-state index < -0.39 is 0 Å². The third-order valence-corrected chi connectivity index (χ3v) is 4.28. The molecule has 1 saturated heterocycles. The van der Waals surface area contributed by atoms with Gasteiger partial charge in [0.15, 0.2) is 5.11 Å². The number of hydrogen-bond donors (Lipinski definition) is 1. The molecule has 0 unspecified atom stereocenters. The third kappa shape index (κ3) is 3.64. The highest BCUT2D eigenvalue weighted by atomic mass is 32.1. The van der Waals surface area contributed by atoms with Crippen molar-refractivity contribution in [2.24, 2.45) is 0 Å². The fourth-order valence-electron chi connectivity index (χ4n) is 2.67. The number of aryl methyl sites for hydroxylation is 1. The minimum atomic E-state index is 0.807. The van der Waals surface area contributed by atoms with Crippen molar-refractivity contribution in [1.82, 2.24) is 10.2 Å². The van der Waals surface area contributed by atoms with Crippen LogP contribution >= 0.6 is 12.2 Å². The molecule has 4 heteroatoms. The van der Waals surface area contributed by atoms with Gasteiger partial charge in [-0.1, -0.05) is 42.5 Å². The van der Waals surface area contributed by atoms with Gasteiger partial charge in [-0.25, -0.2) is 0 Å². The van der Waals surface area contributed by atoms with Crippen molar-refractivity contribution in [3.05, 3.63) is 65.7 Å². The summed E-state index contributed by atoms with van der Waals surface area (Å²) < 4.78 is 0. The van der Waals surface area contributed by atoms with Gasteiger partial charge in [0.05, 0.1) is 13.3 Å². The molecule has 1 N–H and O–H groups in total. The smallest absolute Gasteiger partial charge is 0.175 e. The van der Waals surface area contributed by atoms with Crippen molar-refractivity contribution in [3.63, 3.8) is 0 Å². The first-order valence-electron chi connectivity index (χ1n) is 7.61. The SMILES string of the molecule is Cc1cccc(N2CN(CCc3ccccc3)CNC2=S)c1. The van der Waals surface area contributed by atoms with Gasteiger partial charge in [0.2, 0.25) is 0 Å². The Kier molecular flexibility index (Phi) is 4.71. The van der Waals surface area contributed by atoms with Crippen molar-refractivity contribution < 1.29 is 0 Å². The van der Waals surface area contributed by atoms with Crippen LogP contribution in [0.2, 0.25) is 0 Å². The van der Waals surface area contributed by atoms with Crippen LogP contribution in [0.25, 0.3) is 0 Å². The van der Waals surface area contributed by atoms with Crippen molar-refractivity contribution in [2.45, 2.75) is 13.3 Å². The predicted octanol–water partition coefficient (Wildman–Crippen LogP) is 3.15. The highest BCUT2D eigenvalue weighted by Crippen LogP contribution is 2.18. The van der Waals surface area contributed by atoms with E-state index in [9.17, 15) is 0 Å². The molecule has 0 aromatic heterocycles. The lowest BCUT2D eigenvalue weighted by molar-refractivity contribution is 0.264. The second-order valence-electron chi connectivity index (χ2n) is 5.68. The molecule has 0 radical (unpaired) electrons. The lowest BCUT2D eigenvalue weighted by Gasteiger charge is -2.38. The molecule has 0 saturated carbocycles. The molecule has 114 valence electrons. The minimum absolute atomic E-state index is 0.807. The van der Waals surface area contributed by atoms with E-state index >= 15 is 0 Å². The van der Waals surface area contributed by atoms with Crippen molar-refractivity contribution in [1.29, 1.82) is 0 Å². The molecule has 1 aliphatic rings. The van der Waals surface area contributed by atoms with Crippen LogP contribution in [0.15, 0.2) is 54.6 Å². The molecule has 1 heterocycles. The van der Waals surface area contributed by atoms with E-state index in [4.69, 9.17) is 12.2 Å². The topological polar surface area (TPSA) is 18.5 Å². The number of benzene rings is 2. The lowest BCUT2D eigenvalue weighted by Crippen LogP contribution is -2.56. The Balaban J connectivity index is 1.64.